The molecule has 0 saturated heterocycles. The van der Waals surface area contributed by atoms with Crippen molar-refractivity contribution in [2.24, 2.45) is 5.73 Å². The zero-order chi connectivity index (χ0) is 10.1. The summed E-state index contributed by atoms with van der Waals surface area (Å²) in [7, 11) is 1.93. The summed E-state index contributed by atoms with van der Waals surface area (Å²) < 4.78 is 10.3. The van der Waals surface area contributed by atoms with Gasteiger partial charge in [0.15, 0.2) is 0 Å². The van der Waals surface area contributed by atoms with Crippen LogP contribution in [0.2, 0.25) is 6.04 Å². The number of hydrogen-bond acceptors (Lipinski definition) is 3. The van der Waals surface area contributed by atoms with Gasteiger partial charge in [-0.15, -0.1) is 0 Å². The summed E-state index contributed by atoms with van der Waals surface area (Å²) in [5, 5.41) is 2.53. The van der Waals surface area contributed by atoms with E-state index >= 15 is 0 Å². The second-order valence-electron chi connectivity index (χ2n) is 2.69. The monoisotopic (exact) mass is 206 g/mol. The Bertz CT molecular complexity index is 142. The van der Waals surface area contributed by atoms with Crippen LogP contribution in [0.5, 0.6) is 0 Å². The molecule has 0 aliphatic rings. The molecule has 6 heteroatoms. The van der Waals surface area contributed by atoms with E-state index in [1.165, 1.54) is 0 Å². The number of amides is 2. The predicted molar refractivity (Wildman–Crippen MR) is 52.8 cm³/mol. The van der Waals surface area contributed by atoms with Crippen LogP contribution in [0.4, 0.5) is 4.79 Å². The number of rotatable bonds is 7. The third-order valence-electron chi connectivity index (χ3n) is 1.69. The second kappa shape index (κ2) is 8.03. The summed E-state index contributed by atoms with van der Waals surface area (Å²) in [5.41, 5.74) is 4.90. The first-order chi connectivity index (χ1) is 6.20. The molecule has 0 spiro atoms. The molecule has 0 heterocycles. The largest absolute Gasteiger partial charge is 0.400 e. The van der Waals surface area contributed by atoms with Crippen LogP contribution in [-0.4, -0.2) is 36.1 Å². The smallest absolute Gasteiger partial charge is 0.320 e. The topological polar surface area (TPSA) is 73.6 Å². The summed E-state index contributed by atoms with van der Waals surface area (Å²) >= 11 is 0. The molecule has 78 valence electrons. The van der Waals surface area contributed by atoms with E-state index < -0.39 is 15.3 Å². The molecule has 0 bridgehead atoms. The molecule has 0 saturated carbocycles. The molecule has 0 radical (unpaired) electrons. The SMILES string of the molecule is CO[SiH](CCCCNC(N)=O)OC. The maximum atomic E-state index is 10.3. The van der Waals surface area contributed by atoms with Crippen LogP contribution in [0.1, 0.15) is 12.8 Å². The number of primary amides is 1. The number of hydrogen-bond donors (Lipinski definition) is 2. The first-order valence-electron chi connectivity index (χ1n) is 4.29. The maximum Gasteiger partial charge on any atom is 0.320 e. The van der Waals surface area contributed by atoms with E-state index in [9.17, 15) is 4.79 Å². The maximum absolute atomic E-state index is 10.3. The van der Waals surface area contributed by atoms with Gasteiger partial charge in [0.05, 0.1) is 0 Å². The Morgan fingerprint density at radius 1 is 1.38 bits per heavy atom. The lowest BCUT2D eigenvalue weighted by molar-refractivity contribution is 0.248. The number of carbonyl (C=O) groups excluding carboxylic acids is 1. The number of nitrogens with one attached hydrogen (secondary N) is 1. The summed E-state index contributed by atoms with van der Waals surface area (Å²) in [6.45, 7) is 0.629. The molecule has 0 rings (SSSR count). The molecule has 0 unspecified atom stereocenters. The van der Waals surface area contributed by atoms with E-state index in [-0.39, 0.29) is 0 Å². The Balaban J connectivity index is 3.19. The van der Waals surface area contributed by atoms with Gasteiger partial charge in [-0.05, 0) is 18.9 Å². The molecule has 0 aromatic heterocycles. The van der Waals surface area contributed by atoms with E-state index in [1.54, 1.807) is 14.2 Å². The Hall–Kier alpha value is -0.593. The lowest BCUT2D eigenvalue weighted by atomic mass is 10.3. The fourth-order valence-electron chi connectivity index (χ4n) is 0.980. The lowest BCUT2D eigenvalue weighted by Gasteiger charge is -2.09. The van der Waals surface area contributed by atoms with Crippen molar-refractivity contribution in [3.8, 4) is 0 Å². The molecule has 0 aliphatic carbocycles. The van der Waals surface area contributed by atoms with Crippen molar-refractivity contribution >= 4 is 15.3 Å². The molecule has 2 amide bonds. The molecule has 0 aromatic rings. The fourth-order valence-corrected chi connectivity index (χ4v) is 2.27. The van der Waals surface area contributed by atoms with Gasteiger partial charge in [-0.25, -0.2) is 4.79 Å². The Morgan fingerprint density at radius 2 is 2.00 bits per heavy atom. The van der Waals surface area contributed by atoms with E-state index in [4.69, 9.17) is 14.6 Å². The standard InChI is InChI=1S/C7H18N2O3Si/c1-11-13(12-2)6-4-3-5-9-7(8)10/h13H,3-6H2,1-2H3,(H3,8,9,10). The van der Waals surface area contributed by atoms with Gasteiger partial charge in [-0.3, -0.25) is 0 Å². The summed E-state index contributed by atoms with van der Waals surface area (Å²) in [6.07, 6.45) is 1.91. The molecular formula is C7H18N2O3Si. The van der Waals surface area contributed by atoms with Crippen LogP contribution in [0.15, 0.2) is 0 Å². The molecule has 0 aromatic carbocycles. The predicted octanol–water partition coefficient (Wildman–Crippen LogP) is -0.0518. The zero-order valence-electron chi connectivity index (χ0n) is 8.21. The minimum atomic E-state index is -1.40. The third-order valence-corrected chi connectivity index (χ3v) is 3.62. The Labute approximate surface area is 80.4 Å². The van der Waals surface area contributed by atoms with Gasteiger partial charge in [0.1, 0.15) is 0 Å². The minimum Gasteiger partial charge on any atom is -0.400 e. The van der Waals surface area contributed by atoms with Crippen molar-refractivity contribution in [3.63, 3.8) is 0 Å². The van der Waals surface area contributed by atoms with Crippen LogP contribution in [0, 0.1) is 0 Å². The number of carbonyl (C=O) groups is 1. The highest BCUT2D eigenvalue weighted by Crippen LogP contribution is 2.01. The van der Waals surface area contributed by atoms with E-state index in [1.807, 2.05) is 0 Å². The number of unbranched alkanes of at least 4 members (excludes halogenated alkanes) is 1. The summed E-state index contributed by atoms with van der Waals surface area (Å²) in [5.74, 6) is 0. The average Bonchev–Trinajstić information content (AvgIpc) is 2.11. The van der Waals surface area contributed by atoms with E-state index in [0.717, 1.165) is 18.9 Å². The van der Waals surface area contributed by atoms with Crippen molar-refractivity contribution in [3.05, 3.63) is 0 Å². The van der Waals surface area contributed by atoms with Crippen molar-refractivity contribution in [1.82, 2.24) is 5.32 Å². The Kier molecular flexibility index (Phi) is 7.66. The average molecular weight is 206 g/mol. The molecule has 3 N–H and O–H groups in total. The quantitative estimate of drug-likeness (QED) is 0.453. The molecular weight excluding hydrogens is 188 g/mol. The highest BCUT2D eigenvalue weighted by Gasteiger charge is 2.07. The molecule has 0 aliphatic heterocycles. The van der Waals surface area contributed by atoms with Gasteiger partial charge in [0, 0.05) is 20.8 Å². The second-order valence-corrected chi connectivity index (χ2v) is 5.07. The normalized spacial score (nSPS) is 10.4. The van der Waals surface area contributed by atoms with Gasteiger partial charge in [0.2, 0.25) is 0 Å². The Morgan fingerprint density at radius 3 is 2.46 bits per heavy atom. The summed E-state index contributed by atoms with van der Waals surface area (Å²) in [4.78, 5) is 10.3. The first kappa shape index (κ1) is 12.4. The van der Waals surface area contributed by atoms with E-state index in [2.05, 4.69) is 5.32 Å². The van der Waals surface area contributed by atoms with Gasteiger partial charge in [0.25, 0.3) is 0 Å². The molecule has 0 fully saturated rings. The van der Waals surface area contributed by atoms with Crippen LogP contribution in [0.25, 0.3) is 0 Å². The first-order valence-corrected chi connectivity index (χ1v) is 6.05. The zero-order valence-corrected chi connectivity index (χ0v) is 9.36. The molecule has 0 atom stereocenters. The third kappa shape index (κ3) is 7.76. The van der Waals surface area contributed by atoms with Gasteiger partial charge in [-0.2, -0.15) is 0 Å². The fraction of sp³-hybridized carbons (Fsp3) is 0.857. The van der Waals surface area contributed by atoms with Crippen LogP contribution >= 0.6 is 0 Å². The van der Waals surface area contributed by atoms with Gasteiger partial charge in [-0.1, -0.05) is 0 Å². The van der Waals surface area contributed by atoms with Crippen LogP contribution in [-0.2, 0) is 8.85 Å². The van der Waals surface area contributed by atoms with Crippen molar-refractivity contribution < 1.29 is 13.6 Å². The van der Waals surface area contributed by atoms with Crippen molar-refractivity contribution in [1.29, 1.82) is 0 Å². The highest BCUT2D eigenvalue weighted by molar-refractivity contribution is 6.44. The summed E-state index contributed by atoms with van der Waals surface area (Å²) in [6, 6.07) is 0.500. The molecule has 13 heavy (non-hydrogen) atoms. The van der Waals surface area contributed by atoms with Crippen LogP contribution in [0.3, 0.4) is 0 Å². The lowest BCUT2D eigenvalue weighted by Crippen LogP contribution is -2.30. The van der Waals surface area contributed by atoms with Crippen LogP contribution < -0.4 is 11.1 Å². The van der Waals surface area contributed by atoms with Crippen molar-refractivity contribution in [2.75, 3.05) is 20.8 Å². The van der Waals surface area contributed by atoms with Crippen molar-refractivity contribution in [2.45, 2.75) is 18.9 Å². The van der Waals surface area contributed by atoms with Gasteiger partial charge < -0.3 is 19.9 Å². The minimum absolute atomic E-state index is 0.465. The number of nitrogens with two attached hydrogens (primary N) is 1. The number of urea groups is 1. The van der Waals surface area contributed by atoms with E-state index in [0.29, 0.717) is 6.54 Å². The van der Waals surface area contributed by atoms with Gasteiger partial charge >= 0.3 is 15.3 Å². The highest BCUT2D eigenvalue weighted by atomic mass is 28.3. The molecule has 5 nitrogen and oxygen atoms in total.